The maximum atomic E-state index is 13.4. The van der Waals surface area contributed by atoms with E-state index in [9.17, 15) is 34.8 Å². The number of hydrogen-bond donors (Lipinski definition) is 4. The van der Waals surface area contributed by atoms with Crippen LogP contribution in [0.4, 0.5) is 0 Å². The number of furan rings is 1. The third kappa shape index (κ3) is 5.51. The van der Waals surface area contributed by atoms with Crippen LogP contribution in [-0.2, 0) is 38.1 Å². The van der Waals surface area contributed by atoms with Gasteiger partial charge in [-0.25, -0.2) is 0 Å². The molecule has 2 saturated heterocycles. The van der Waals surface area contributed by atoms with E-state index >= 15 is 0 Å². The third-order valence-electron chi connectivity index (χ3n) is 9.33. The van der Waals surface area contributed by atoms with E-state index in [1.807, 2.05) is 6.92 Å². The fourth-order valence-electron chi connectivity index (χ4n) is 7.55. The van der Waals surface area contributed by atoms with Crippen molar-refractivity contribution in [2.45, 2.75) is 102 Å². The highest BCUT2D eigenvalue weighted by Crippen LogP contribution is 2.61. The highest BCUT2D eigenvalue weighted by atomic mass is 16.7. The summed E-state index contributed by atoms with van der Waals surface area (Å²) in [6, 6.07) is 1.72. The molecule has 1 aromatic rings. The SMILES string of the molecule is CC(=O)O[C@@H]1[C@@H]2[C@H](CC[C@H]3C(=O)O[C@H](c4ccoc4)C[C@@]23C)[C@H](O[C@@H]2O[C@@H](CO)[C@@H](O)[C@H](O)[C@H]2O)C[C@@H]1OC(C)=O. The van der Waals surface area contributed by atoms with E-state index in [-0.39, 0.29) is 18.3 Å². The first-order valence-corrected chi connectivity index (χ1v) is 14.0. The van der Waals surface area contributed by atoms with Gasteiger partial charge >= 0.3 is 17.9 Å². The van der Waals surface area contributed by atoms with Crippen molar-refractivity contribution in [3.8, 4) is 0 Å². The predicted molar refractivity (Wildman–Crippen MR) is 134 cm³/mol. The number of aliphatic hydroxyl groups is 4. The number of esters is 3. The Kier molecular flexibility index (Phi) is 8.48. The van der Waals surface area contributed by atoms with Crippen molar-refractivity contribution in [3.05, 3.63) is 24.2 Å². The van der Waals surface area contributed by atoms with Gasteiger partial charge in [0.25, 0.3) is 0 Å². The molecule has 13 nitrogen and oxygen atoms in total. The molecule has 0 unspecified atom stereocenters. The molecule has 0 bridgehead atoms. The minimum absolute atomic E-state index is 0.0735. The Morgan fingerprint density at radius 3 is 2.41 bits per heavy atom. The van der Waals surface area contributed by atoms with E-state index in [4.69, 9.17) is 28.1 Å². The second-order valence-corrected chi connectivity index (χ2v) is 11.8. The number of rotatable bonds is 6. The van der Waals surface area contributed by atoms with Crippen LogP contribution in [0.1, 0.15) is 58.1 Å². The lowest BCUT2D eigenvalue weighted by Crippen LogP contribution is -2.65. The Morgan fingerprint density at radius 2 is 1.78 bits per heavy atom. The highest BCUT2D eigenvalue weighted by Gasteiger charge is 2.64. The van der Waals surface area contributed by atoms with Crippen LogP contribution in [-0.4, -0.2) is 94.0 Å². The van der Waals surface area contributed by atoms with Crippen LogP contribution in [0.25, 0.3) is 0 Å². The van der Waals surface area contributed by atoms with E-state index in [1.54, 1.807) is 6.07 Å². The van der Waals surface area contributed by atoms with Crippen molar-refractivity contribution >= 4 is 17.9 Å². The standard InChI is InChI=1S/C28H38O13/c1-12(30)37-18-8-17(40-27-24(34)23(33)22(32)20(10-29)41-27)15-4-5-16-26(35)39-19(14-6-7-36-11-14)9-28(16,3)21(15)25(18)38-13(2)31/h6-7,11,15-25,27,29,32-34H,4-5,8-10H2,1-3H3/t15-,16+,17-,18+,19+,20+,21+,22-,23+,24-,25+,27-,28-/m1/s1. The molecule has 0 aromatic carbocycles. The molecule has 13 atom stereocenters. The van der Waals surface area contributed by atoms with Crippen molar-refractivity contribution in [1.29, 1.82) is 0 Å². The van der Waals surface area contributed by atoms with Crippen molar-refractivity contribution < 1.29 is 62.9 Å². The van der Waals surface area contributed by atoms with Gasteiger partial charge in [0.1, 0.15) is 42.7 Å². The second kappa shape index (κ2) is 11.6. The monoisotopic (exact) mass is 582 g/mol. The summed E-state index contributed by atoms with van der Waals surface area (Å²) in [7, 11) is 0. The van der Waals surface area contributed by atoms with Gasteiger partial charge in [0, 0.05) is 31.7 Å². The molecule has 13 heteroatoms. The fraction of sp³-hybridized carbons (Fsp3) is 0.750. The van der Waals surface area contributed by atoms with E-state index < -0.39 is 90.9 Å². The van der Waals surface area contributed by atoms with Crippen molar-refractivity contribution in [3.63, 3.8) is 0 Å². The number of carbonyl (C=O) groups excluding carboxylic acids is 3. The van der Waals surface area contributed by atoms with Crippen LogP contribution in [0.15, 0.2) is 23.0 Å². The lowest BCUT2D eigenvalue weighted by atomic mass is 9.49. The van der Waals surface area contributed by atoms with Gasteiger partial charge in [0.15, 0.2) is 6.29 Å². The molecule has 5 rings (SSSR count). The first-order valence-electron chi connectivity index (χ1n) is 14.0. The Balaban J connectivity index is 1.52. The summed E-state index contributed by atoms with van der Waals surface area (Å²) < 4.78 is 34.4. The van der Waals surface area contributed by atoms with Crippen LogP contribution >= 0.6 is 0 Å². The quantitative estimate of drug-likeness (QED) is 0.266. The van der Waals surface area contributed by atoms with Gasteiger partial charge in [-0.15, -0.1) is 0 Å². The van der Waals surface area contributed by atoms with Gasteiger partial charge in [-0.1, -0.05) is 6.92 Å². The molecule has 1 aromatic heterocycles. The zero-order valence-electron chi connectivity index (χ0n) is 23.2. The van der Waals surface area contributed by atoms with Crippen molar-refractivity contribution in [1.82, 2.24) is 0 Å². The minimum atomic E-state index is -1.64. The number of aliphatic hydroxyl groups excluding tert-OH is 4. The summed E-state index contributed by atoms with van der Waals surface area (Å²) in [4.78, 5) is 37.9. The largest absolute Gasteiger partial charge is 0.472 e. The Bertz CT molecular complexity index is 1100. The van der Waals surface area contributed by atoms with Crippen LogP contribution in [0, 0.1) is 23.2 Å². The maximum absolute atomic E-state index is 13.4. The summed E-state index contributed by atoms with van der Waals surface area (Å²) in [5, 5.41) is 40.9. The normalized spacial score (nSPS) is 44.2. The molecular formula is C28H38O13. The van der Waals surface area contributed by atoms with Gasteiger partial charge in [-0.2, -0.15) is 0 Å². The molecular weight excluding hydrogens is 544 g/mol. The molecule has 0 amide bonds. The molecule has 2 saturated carbocycles. The Labute approximate surface area is 236 Å². The van der Waals surface area contributed by atoms with Crippen molar-refractivity contribution in [2.75, 3.05) is 6.61 Å². The van der Waals surface area contributed by atoms with E-state index in [1.165, 1.54) is 26.4 Å². The second-order valence-electron chi connectivity index (χ2n) is 11.8. The highest BCUT2D eigenvalue weighted by molar-refractivity contribution is 5.75. The first-order chi connectivity index (χ1) is 19.4. The number of carbonyl (C=O) groups is 3. The summed E-state index contributed by atoms with van der Waals surface area (Å²) >= 11 is 0. The van der Waals surface area contributed by atoms with Crippen LogP contribution in [0.2, 0.25) is 0 Å². The molecule has 2 aliphatic heterocycles. The summed E-state index contributed by atoms with van der Waals surface area (Å²) in [5.74, 6) is -2.99. The Morgan fingerprint density at radius 1 is 1.05 bits per heavy atom. The lowest BCUT2D eigenvalue weighted by Gasteiger charge is -2.59. The minimum Gasteiger partial charge on any atom is -0.472 e. The van der Waals surface area contributed by atoms with Crippen LogP contribution < -0.4 is 0 Å². The molecule has 4 fully saturated rings. The van der Waals surface area contributed by atoms with Crippen molar-refractivity contribution in [2.24, 2.45) is 23.2 Å². The van der Waals surface area contributed by atoms with Gasteiger partial charge in [-0.05, 0) is 36.7 Å². The van der Waals surface area contributed by atoms with Gasteiger partial charge in [-0.3, -0.25) is 14.4 Å². The molecule has 0 radical (unpaired) electrons. The molecule has 228 valence electrons. The maximum Gasteiger partial charge on any atom is 0.310 e. The molecule has 3 heterocycles. The fourth-order valence-corrected chi connectivity index (χ4v) is 7.55. The Hall–Kier alpha value is -2.55. The smallest absolute Gasteiger partial charge is 0.310 e. The number of ether oxygens (including phenoxy) is 5. The average molecular weight is 583 g/mol. The summed E-state index contributed by atoms with van der Waals surface area (Å²) in [5.41, 5.74) is -0.110. The van der Waals surface area contributed by atoms with E-state index in [2.05, 4.69) is 0 Å². The number of fused-ring (bicyclic) bond motifs is 3. The number of hydrogen-bond acceptors (Lipinski definition) is 13. The van der Waals surface area contributed by atoms with Crippen LogP contribution in [0.5, 0.6) is 0 Å². The van der Waals surface area contributed by atoms with E-state index in [0.717, 1.165) is 0 Å². The molecule has 4 aliphatic rings. The first kappa shape index (κ1) is 29.9. The van der Waals surface area contributed by atoms with Gasteiger partial charge in [0.05, 0.1) is 31.2 Å². The molecule has 2 aliphatic carbocycles. The topological polar surface area (TPSA) is 191 Å². The molecule has 0 spiro atoms. The third-order valence-corrected chi connectivity index (χ3v) is 9.33. The average Bonchev–Trinajstić information content (AvgIpc) is 3.45. The van der Waals surface area contributed by atoms with Crippen LogP contribution in [0.3, 0.4) is 0 Å². The number of cyclic esters (lactones) is 1. The zero-order valence-corrected chi connectivity index (χ0v) is 23.2. The molecule has 41 heavy (non-hydrogen) atoms. The lowest BCUT2D eigenvalue weighted by molar-refractivity contribution is -0.328. The van der Waals surface area contributed by atoms with E-state index in [0.29, 0.717) is 24.8 Å². The summed E-state index contributed by atoms with van der Waals surface area (Å²) in [6.07, 6.45) is -6.25. The van der Waals surface area contributed by atoms with Gasteiger partial charge < -0.3 is 48.5 Å². The summed E-state index contributed by atoms with van der Waals surface area (Å²) in [6.45, 7) is 3.83. The molecule has 4 N–H and O–H groups in total. The predicted octanol–water partition coefficient (Wildman–Crippen LogP) is 0.369. The zero-order chi connectivity index (χ0) is 29.6. The van der Waals surface area contributed by atoms with Gasteiger partial charge in [0.2, 0.25) is 0 Å².